The van der Waals surface area contributed by atoms with Crippen molar-refractivity contribution in [2.24, 2.45) is 5.10 Å². The van der Waals surface area contributed by atoms with Crippen LogP contribution in [0.5, 0.6) is 5.75 Å². The first kappa shape index (κ1) is 21.4. The van der Waals surface area contributed by atoms with Gasteiger partial charge in [0.1, 0.15) is 5.75 Å². The lowest BCUT2D eigenvalue weighted by Gasteiger charge is -2.00. The fourth-order valence-electron chi connectivity index (χ4n) is 2.17. The number of methoxy groups -OCH3 is 1. The largest absolute Gasteiger partial charge is 0.497 e. The first-order chi connectivity index (χ1) is 14.1. The number of carbonyl (C=O) groups is 1. The number of amides is 1. The van der Waals surface area contributed by atoms with Crippen LogP contribution in [0.2, 0.25) is 0 Å². The van der Waals surface area contributed by atoms with Gasteiger partial charge in [0.2, 0.25) is 0 Å². The molecule has 0 aliphatic heterocycles. The van der Waals surface area contributed by atoms with Gasteiger partial charge in [-0.05, 0) is 42.3 Å². The zero-order chi connectivity index (χ0) is 20.5. The molecule has 1 N–H and O–H groups in total. The van der Waals surface area contributed by atoms with Gasteiger partial charge in [0.05, 0.1) is 19.1 Å². The minimum Gasteiger partial charge on any atom is -0.497 e. The van der Waals surface area contributed by atoms with Crippen LogP contribution in [0.4, 0.5) is 0 Å². The third-order valence-corrected chi connectivity index (χ3v) is 6.98. The number of nitrogens with zero attached hydrogens (tertiary/aromatic N) is 3. The van der Waals surface area contributed by atoms with Gasteiger partial charge in [0.15, 0.2) is 8.68 Å². The highest BCUT2D eigenvalue weighted by molar-refractivity contribution is 8.03. The number of hydrogen-bond acceptors (Lipinski definition) is 8. The summed E-state index contributed by atoms with van der Waals surface area (Å²) in [6, 6.07) is 15.8. The van der Waals surface area contributed by atoms with Crippen molar-refractivity contribution in [2.45, 2.75) is 21.4 Å². The molecule has 0 atom stereocenters. The summed E-state index contributed by atoms with van der Waals surface area (Å²) in [6.07, 6.45) is 1.59. The zero-order valence-corrected chi connectivity index (χ0v) is 18.4. The van der Waals surface area contributed by atoms with Crippen molar-refractivity contribution in [1.29, 1.82) is 0 Å². The van der Waals surface area contributed by atoms with E-state index >= 15 is 0 Å². The van der Waals surface area contributed by atoms with E-state index < -0.39 is 0 Å². The molecule has 1 heterocycles. The predicted octanol–water partition coefficient (Wildman–Crippen LogP) is 4.39. The van der Waals surface area contributed by atoms with Crippen molar-refractivity contribution < 1.29 is 9.53 Å². The molecule has 0 spiro atoms. The SMILES string of the molecule is COc1ccc(/C=N/NC(=O)CSc2nnc(SCc3ccc(C)cc3)s2)cc1. The van der Waals surface area contributed by atoms with Gasteiger partial charge in [0, 0.05) is 5.75 Å². The van der Waals surface area contributed by atoms with Crippen molar-refractivity contribution in [1.82, 2.24) is 15.6 Å². The normalized spacial score (nSPS) is 11.0. The van der Waals surface area contributed by atoms with Crippen LogP contribution < -0.4 is 10.2 Å². The highest BCUT2D eigenvalue weighted by Crippen LogP contribution is 2.30. The van der Waals surface area contributed by atoms with Crippen LogP contribution in [0.1, 0.15) is 16.7 Å². The average molecular weight is 445 g/mol. The molecule has 0 bridgehead atoms. The number of carbonyl (C=O) groups excluding carboxylic acids is 1. The molecule has 1 aromatic heterocycles. The molecule has 9 heteroatoms. The molecule has 0 fully saturated rings. The Balaban J connectivity index is 1.39. The summed E-state index contributed by atoms with van der Waals surface area (Å²) in [7, 11) is 1.62. The Kier molecular flexibility index (Phi) is 8.09. The quantitative estimate of drug-likeness (QED) is 0.300. The van der Waals surface area contributed by atoms with Crippen molar-refractivity contribution >= 4 is 47.0 Å². The fourth-order valence-corrected chi connectivity index (χ4v) is 4.94. The summed E-state index contributed by atoms with van der Waals surface area (Å²) < 4.78 is 6.76. The minimum absolute atomic E-state index is 0.191. The van der Waals surface area contributed by atoms with Crippen LogP contribution in [-0.4, -0.2) is 35.2 Å². The monoisotopic (exact) mass is 444 g/mol. The summed E-state index contributed by atoms with van der Waals surface area (Å²) >= 11 is 4.50. The molecule has 1 amide bonds. The molecule has 150 valence electrons. The van der Waals surface area contributed by atoms with Crippen LogP contribution in [0.3, 0.4) is 0 Å². The van der Waals surface area contributed by atoms with E-state index in [-0.39, 0.29) is 11.7 Å². The van der Waals surface area contributed by atoms with Gasteiger partial charge in [-0.15, -0.1) is 10.2 Å². The van der Waals surface area contributed by atoms with Gasteiger partial charge >= 0.3 is 0 Å². The molecule has 0 saturated heterocycles. The van der Waals surface area contributed by atoms with E-state index in [1.807, 2.05) is 24.3 Å². The lowest BCUT2D eigenvalue weighted by atomic mass is 10.2. The molecular weight excluding hydrogens is 424 g/mol. The van der Waals surface area contributed by atoms with E-state index in [0.717, 1.165) is 25.7 Å². The number of rotatable bonds is 9. The molecule has 0 saturated carbocycles. The lowest BCUT2D eigenvalue weighted by molar-refractivity contribution is -0.118. The summed E-state index contributed by atoms with van der Waals surface area (Å²) in [5.74, 6) is 1.66. The predicted molar refractivity (Wildman–Crippen MR) is 120 cm³/mol. The van der Waals surface area contributed by atoms with Crippen molar-refractivity contribution in [3.8, 4) is 5.75 Å². The number of aromatic nitrogens is 2. The molecular formula is C20H20N4O2S3. The van der Waals surface area contributed by atoms with E-state index in [0.29, 0.717) is 0 Å². The molecule has 3 rings (SSSR count). The zero-order valence-electron chi connectivity index (χ0n) is 16.0. The van der Waals surface area contributed by atoms with Gasteiger partial charge in [-0.1, -0.05) is 64.7 Å². The standard InChI is InChI=1S/C20H20N4O2S3/c1-14-3-5-16(6-4-14)12-27-19-23-24-20(29-19)28-13-18(25)22-21-11-15-7-9-17(26-2)10-8-15/h3-11H,12-13H2,1-2H3,(H,22,25)/b21-11+. The number of aryl methyl sites for hydroxylation is 1. The van der Waals surface area contributed by atoms with Gasteiger partial charge in [-0.2, -0.15) is 5.10 Å². The second-order valence-electron chi connectivity index (χ2n) is 5.96. The number of ether oxygens (including phenoxy) is 1. The van der Waals surface area contributed by atoms with Gasteiger partial charge in [-0.25, -0.2) is 5.43 Å². The molecule has 0 aliphatic rings. The Morgan fingerprint density at radius 2 is 1.79 bits per heavy atom. The molecule has 29 heavy (non-hydrogen) atoms. The summed E-state index contributed by atoms with van der Waals surface area (Å²) in [4.78, 5) is 11.9. The van der Waals surface area contributed by atoms with Gasteiger partial charge in [0.25, 0.3) is 5.91 Å². The molecule has 0 unspecified atom stereocenters. The van der Waals surface area contributed by atoms with Gasteiger partial charge in [-0.3, -0.25) is 4.79 Å². The Bertz CT molecular complexity index is 957. The molecule has 0 aliphatic carbocycles. The van der Waals surface area contributed by atoms with Crippen LogP contribution in [0.15, 0.2) is 62.3 Å². The highest BCUT2D eigenvalue weighted by atomic mass is 32.2. The lowest BCUT2D eigenvalue weighted by Crippen LogP contribution is -2.19. The van der Waals surface area contributed by atoms with E-state index in [2.05, 4.69) is 51.9 Å². The third kappa shape index (κ3) is 7.19. The second kappa shape index (κ2) is 11.0. The topological polar surface area (TPSA) is 76.5 Å². The van der Waals surface area contributed by atoms with E-state index in [1.165, 1.54) is 34.2 Å². The maximum absolute atomic E-state index is 11.9. The molecule has 2 aromatic carbocycles. The second-order valence-corrected chi connectivity index (χ2v) is 9.39. The van der Waals surface area contributed by atoms with E-state index in [4.69, 9.17) is 4.74 Å². The maximum atomic E-state index is 11.9. The van der Waals surface area contributed by atoms with Crippen LogP contribution in [0.25, 0.3) is 0 Å². The molecule has 6 nitrogen and oxygen atoms in total. The van der Waals surface area contributed by atoms with E-state index in [9.17, 15) is 4.79 Å². The number of nitrogens with one attached hydrogen (secondary N) is 1. The fraction of sp³-hybridized carbons (Fsp3) is 0.200. The smallest absolute Gasteiger partial charge is 0.250 e. The number of hydrogen-bond donors (Lipinski definition) is 1. The number of thioether (sulfide) groups is 2. The van der Waals surface area contributed by atoms with Crippen LogP contribution in [-0.2, 0) is 10.5 Å². The molecule has 0 radical (unpaired) electrons. The minimum atomic E-state index is -0.191. The number of benzene rings is 2. The Morgan fingerprint density at radius 3 is 2.48 bits per heavy atom. The van der Waals surface area contributed by atoms with Crippen molar-refractivity contribution in [3.05, 3.63) is 65.2 Å². The number of hydrazone groups is 1. The van der Waals surface area contributed by atoms with Crippen LogP contribution >= 0.6 is 34.9 Å². The highest BCUT2D eigenvalue weighted by Gasteiger charge is 2.08. The summed E-state index contributed by atoms with van der Waals surface area (Å²) in [5.41, 5.74) is 5.89. The summed E-state index contributed by atoms with van der Waals surface area (Å²) in [6.45, 7) is 2.08. The van der Waals surface area contributed by atoms with Crippen molar-refractivity contribution in [3.63, 3.8) is 0 Å². The Labute approximate surface area is 182 Å². The Hall–Kier alpha value is -2.36. The average Bonchev–Trinajstić information content (AvgIpc) is 3.20. The first-order valence-electron chi connectivity index (χ1n) is 8.73. The van der Waals surface area contributed by atoms with E-state index in [1.54, 1.807) is 25.1 Å². The maximum Gasteiger partial charge on any atom is 0.250 e. The summed E-state index contributed by atoms with van der Waals surface area (Å²) in [5, 5.41) is 12.3. The third-order valence-electron chi connectivity index (χ3n) is 3.72. The Morgan fingerprint density at radius 1 is 1.10 bits per heavy atom. The first-order valence-corrected chi connectivity index (χ1v) is 11.5. The van der Waals surface area contributed by atoms with Gasteiger partial charge < -0.3 is 4.74 Å². The van der Waals surface area contributed by atoms with Crippen LogP contribution in [0, 0.1) is 6.92 Å². The molecule has 3 aromatic rings. The van der Waals surface area contributed by atoms with Crippen molar-refractivity contribution in [2.75, 3.05) is 12.9 Å².